The molecule has 0 aliphatic rings. The molecule has 4 heteroatoms. The van der Waals surface area contributed by atoms with Gasteiger partial charge in [0.05, 0.1) is 6.61 Å². The molecule has 2 aromatic rings. The molecule has 0 aliphatic carbocycles. The number of ether oxygens (including phenoxy) is 1. The fourth-order valence-corrected chi connectivity index (χ4v) is 2.93. The molecule has 2 N–H and O–H groups in total. The molecule has 0 spiro atoms. The van der Waals surface area contributed by atoms with Gasteiger partial charge in [0.2, 0.25) is 0 Å². The van der Waals surface area contributed by atoms with E-state index in [0.717, 1.165) is 21.5 Å². The molecular formula is C16H18BrNOS. The number of rotatable bonds is 6. The summed E-state index contributed by atoms with van der Waals surface area (Å²) in [6, 6.07) is 16.3. The first-order valence-corrected chi connectivity index (χ1v) is 8.30. The molecule has 0 saturated carbocycles. The van der Waals surface area contributed by atoms with E-state index >= 15 is 0 Å². The highest BCUT2D eigenvalue weighted by Crippen LogP contribution is 2.28. The maximum atomic E-state index is 5.96. The Hall–Kier alpha value is -0.970. The van der Waals surface area contributed by atoms with Crippen molar-refractivity contribution in [3.8, 4) is 5.75 Å². The molecule has 0 amide bonds. The van der Waals surface area contributed by atoms with Crippen LogP contribution in [-0.2, 0) is 0 Å². The smallest absolute Gasteiger partial charge is 0.125 e. The Morgan fingerprint density at radius 3 is 2.65 bits per heavy atom. The van der Waals surface area contributed by atoms with Crippen LogP contribution < -0.4 is 10.5 Å². The lowest BCUT2D eigenvalue weighted by molar-refractivity contribution is 0.338. The molecule has 0 bridgehead atoms. The summed E-state index contributed by atoms with van der Waals surface area (Å²) in [7, 11) is 0. The Kier molecular flexibility index (Phi) is 5.95. The molecule has 106 valence electrons. The van der Waals surface area contributed by atoms with Gasteiger partial charge in [-0.2, -0.15) is 0 Å². The minimum Gasteiger partial charge on any atom is -0.492 e. The monoisotopic (exact) mass is 351 g/mol. The standard InChI is InChI=1S/C16H18BrNOS/c1-12(18)15-8-7-13(17)11-16(15)19-9-10-20-14-5-3-2-4-6-14/h2-8,11-12H,9-10,18H2,1H3. The van der Waals surface area contributed by atoms with Crippen LogP contribution in [-0.4, -0.2) is 12.4 Å². The highest BCUT2D eigenvalue weighted by molar-refractivity contribution is 9.10. The van der Waals surface area contributed by atoms with Gasteiger partial charge in [-0.15, -0.1) is 11.8 Å². The second-order valence-electron chi connectivity index (χ2n) is 4.48. The van der Waals surface area contributed by atoms with E-state index in [9.17, 15) is 0 Å². The molecule has 1 atom stereocenters. The fraction of sp³-hybridized carbons (Fsp3) is 0.250. The first-order valence-electron chi connectivity index (χ1n) is 6.52. The quantitative estimate of drug-likeness (QED) is 0.608. The molecule has 2 rings (SSSR count). The lowest BCUT2D eigenvalue weighted by Crippen LogP contribution is -2.09. The number of hydrogen-bond acceptors (Lipinski definition) is 3. The predicted octanol–water partition coefficient (Wildman–Crippen LogP) is 4.64. The van der Waals surface area contributed by atoms with Gasteiger partial charge in [-0.1, -0.05) is 40.2 Å². The van der Waals surface area contributed by atoms with Gasteiger partial charge in [0, 0.05) is 26.7 Å². The first kappa shape index (κ1) is 15.4. The van der Waals surface area contributed by atoms with Crippen molar-refractivity contribution < 1.29 is 4.74 Å². The Labute approximate surface area is 132 Å². The summed E-state index contributed by atoms with van der Waals surface area (Å²) < 4.78 is 6.88. The second kappa shape index (κ2) is 7.72. The highest BCUT2D eigenvalue weighted by atomic mass is 79.9. The molecule has 0 saturated heterocycles. The van der Waals surface area contributed by atoms with Crippen LogP contribution in [0.5, 0.6) is 5.75 Å². The Morgan fingerprint density at radius 1 is 1.20 bits per heavy atom. The van der Waals surface area contributed by atoms with E-state index in [-0.39, 0.29) is 6.04 Å². The number of hydrogen-bond donors (Lipinski definition) is 1. The lowest BCUT2D eigenvalue weighted by atomic mass is 10.1. The lowest BCUT2D eigenvalue weighted by Gasteiger charge is -2.14. The summed E-state index contributed by atoms with van der Waals surface area (Å²) in [5.74, 6) is 1.78. The van der Waals surface area contributed by atoms with Crippen molar-refractivity contribution in [2.75, 3.05) is 12.4 Å². The van der Waals surface area contributed by atoms with Crippen molar-refractivity contribution in [1.82, 2.24) is 0 Å². The van der Waals surface area contributed by atoms with Crippen molar-refractivity contribution in [2.45, 2.75) is 17.9 Å². The summed E-state index contributed by atoms with van der Waals surface area (Å²) >= 11 is 5.26. The molecule has 0 aromatic heterocycles. The third-order valence-corrected chi connectivity index (χ3v) is 4.29. The van der Waals surface area contributed by atoms with E-state index in [2.05, 4.69) is 28.1 Å². The van der Waals surface area contributed by atoms with Crippen LogP contribution in [0.1, 0.15) is 18.5 Å². The third-order valence-electron chi connectivity index (χ3n) is 2.82. The van der Waals surface area contributed by atoms with Gasteiger partial charge in [0.15, 0.2) is 0 Å². The van der Waals surface area contributed by atoms with Crippen LogP contribution in [0.25, 0.3) is 0 Å². The number of benzene rings is 2. The molecule has 20 heavy (non-hydrogen) atoms. The van der Waals surface area contributed by atoms with Crippen LogP contribution in [0.15, 0.2) is 57.9 Å². The van der Waals surface area contributed by atoms with Crippen molar-refractivity contribution >= 4 is 27.7 Å². The molecule has 2 nitrogen and oxygen atoms in total. The van der Waals surface area contributed by atoms with Crippen molar-refractivity contribution in [3.05, 3.63) is 58.6 Å². The average Bonchev–Trinajstić information content (AvgIpc) is 2.44. The maximum absolute atomic E-state index is 5.96. The Morgan fingerprint density at radius 2 is 1.95 bits per heavy atom. The van der Waals surface area contributed by atoms with Gasteiger partial charge in [-0.25, -0.2) is 0 Å². The topological polar surface area (TPSA) is 35.2 Å². The minimum atomic E-state index is -0.0279. The number of thioether (sulfide) groups is 1. The van der Waals surface area contributed by atoms with Gasteiger partial charge in [-0.3, -0.25) is 0 Å². The van der Waals surface area contributed by atoms with Crippen LogP contribution in [0.3, 0.4) is 0 Å². The summed E-state index contributed by atoms with van der Waals surface area (Å²) in [6.45, 7) is 2.63. The molecular weight excluding hydrogens is 334 g/mol. The van der Waals surface area contributed by atoms with Crippen LogP contribution >= 0.6 is 27.7 Å². The summed E-state index contributed by atoms with van der Waals surface area (Å²) in [6.07, 6.45) is 0. The first-order chi connectivity index (χ1) is 9.66. The molecule has 2 aromatic carbocycles. The fourth-order valence-electron chi connectivity index (χ4n) is 1.84. The van der Waals surface area contributed by atoms with Gasteiger partial charge in [-0.05, 0) is 31.2 Å². The molecule has 0 radical (unpaired) electrons. The summed E-state index contributed by atoms with van der Waals surface area (Å²) in [5, 5.41) is 0. The second-order valence-corrected chi connectivity index (χ2v) is 6.56. The largest absolute Gasteiger partial charge is 0.492 e. The van der Waals surface area contributed by atoms with Crippen molar-refractivity contribution in [2.24, 2.45) is 5.73 Å². The molecule has 0 fully saturated rings. The average molecular weight is 352 g/mol. The SMILES string of the molecule is CC(N)c1ccc(Br)cc1OCCSc1ccccc1. The zero-order valence-corrected chi connectivity index (χ0v) is 13.8. The zero-order valence-electron chi connectivity index (χ0n) is 11.4. The van der Waals surface area contributed by atoms with Crippen LogP contribution in [0.2, 0.25) is 0 Å². The van der Waals surface area contributed by atoms with Gasteiger partial charge < -0.3 is 10.5 Å². The predicted molar refractivity (Wildman–Crippen MR) is 89.4 cm³/mol. The Balaban J connectivity index is 1.89. The van der Waals surface area contributed by atoms with E-state index in [1.54, 1.807) is 11.8 Å². The van der Waals surface area contributed by atoms with E-state index in [1.165, 1.54) is 4.90 Å². The van der Waals surface area contributed by atoms with Gasteiger partial charge >= 0.3 is 0 Å². The van der Waals surface area contributed by atoms with E-state index in [4.69, 9.17) is 10.5 Å². The molecule has 0 aliphatic heterocycles. The molecule has 1 unspecified atom stereocenters. The minimum absolute atomic E-state index is 0.0279. The highest BCUT2D eigenvalue weighted by Gasteiger charge is 2.08. The van der Waals surface area contributed by atoms with Crippen LogP contribution in [0.4, 0.5) is 0 Å². The Bertz CT molecular complexity index is 545. The maximum Gasteiger partial charge on any atom is 0.125 e. The zero-order chi connectivity index (χ0) is 14.4. The number of nitrogens with two attached hydrogens (primary N) is 1. The van der Waals surface area contributed by atoms with E-state index in [0.29, 0.717) is 6.61 Å². The summed E-state index contributed by atoms with van der Waals surface area (Å²) in [4.78, 5) is 1.26. The van der Waals surface area contributed by atoms with E-state index in [1.807, 2.05) is 43.3 Å². The summed E-state index contributed by atoms with van der Waals surface area (Å²) in [5.41, 5.74) is 7.00. The van der Waals surface area contributed by atoms with Crippen molar-refractivity contribution in [3.63, 3.8) is 0 Å². The van der Waals surface area contributed by atoms with Gasteiger partial charge in [0.25, 0.3) is 0 Å². The van der Waals surface area contributed by atoms with E-state index < -0.39 is 0 Å². The van der Waals surface area contributed by atoms with Gasteiger partial charge in [0.1, 0.15) is 5.75 Å². The normalized spacial score (nSPS) is 12.2. The van der Waals surface area contributed by atoms with Crippen LogP contribution in [0, 0.1) is 0 Å². The van der Waals surface area contributed by atoms with Crippen molar-refractivity contribution in [1.29, 1.82) is 0 Å². The number of halogens is 1. The molecule has 0 heterocycles. The third kappa shape index (κ3) is 4.54.